The Bertz CT molecular complexity index is 1020. The van der Waals surface area contributed by atoms with Crippen LogP contribution in [-0.4, -0.2) is 27.7 Å². The van der Waals surface area contributed by atoms with Crippen molar-refractivity contribution in [1.29, 1.82) is 0 Å². The number of carbonyl (C=O) groups excluding carboxylic acids is 3. The van der Waals surface area contributed by atoms with Crippen molar-refractivity contribution in [2.45, 2.75) is 52.5 Å². The number of imide groups is 1. The Morgan fingerprint density at radius 1 is 1.19 bits per heavy atom. The molecular formula is C25H30N4O3. The molecule has 7 nitrogen and oxygen atoms in total. The van der Waals surface area contributed by atoms with E-state index >= 15 is 0 Å². The van der Waals surface area contributed by atoms with E-state index in [2.05, 4.69) is 35.4 Å². The molecule has 0 bridgehead atoms. The Balaban J connectivity index is 0.000000269. The summed E-state index contributed by atoms with van der Waals surface area (Å²) in [5, 5.41) is 3.54. The minimum Gasteiger partial charge on any atom is -0.296 e. The van der Waals surface area contributed by atoms with Gasteiger partial charge < -0.3 is 0 Å². The van der Waals surface area contributed by atoms with E-state index in [0.717, 1.165) is 24.8 Å². The number of nitrogens with zero attached hydrogens (tertiary/aromatic N) is 2. The Morgan fingerprint density at radius 2 is 1.94 bits per heavy atom. The predicted octanol–water partition coefficient (Wildman–Crippen LogP) is 3.40. The number of carbonyl (C=O) groups is 3. The average Bonchev–Trinajstić information content (AvgIpc) is 2.82. The molecule has 3 N–H and O–H groups in total. The highest BCUT2D eigenvalue weighted by atomic mass is 16.2. The Morgan fingerprint density at radius 3 is 2.59 bits per heavy atom. The minimum atomic E-state index is -0.188. The molecule has 2 aromatic rings. The summed E-state index contributed by atoms with van der Waals surface area (Å²) >= 11 is 0. The second kappa shape index (κ2) is 10.8. The summed E-state index contributed by atoms with van der Waals surface area (Å²) in [7, 11) is 0. The minimum absolute atomic E-state index is 0.0164. The maximum Gasteiger partial charge on any atom is 0.268 e. The topological polar surface area (TPSA) is 105 Å². The van der Waals surface area contributed by atoms with E-state index in [1.54, 1.807) is 24.5 Å². The molecule has 1 unspecified atom stereocenters. The average molecular weight is 435 g/mol. The quantitative estimate of drug-likeness (QED) is 0.333. The smallest absolute Gasteiger partial charge is 0.268 e. The van der Waals surface area contributed by atoms with Gasteiger partial charge in [0.2, 0.25) is 11.8 Å². The van der Waals surface area contributed by atoms with Gasteiger partial charge in [-0.05, 0) is 67.0 Å². The molecule has 32 heavy (non-hydrogen) atoms. The molecule has 2 heterocycles. The lowest BCUT2D eigenvalue weighted by molar-refractivity contribution is -0.135. The van der Waals surface area contributed by atoms with E-state index in [1.807, 2.05) is 13.0 Å². The summed E-state index contributed by atoms with van der Waals surface area (Å²) in [4.78, 5) is 37.5. The van der Waals surface area contributed by atoms with Crippen LogP contribution in [0.15, 0.2) is 48.8 Å². The molecule has 2 aliphatic rings. The molecule has 3 amide bonds. The zero-order valence-corrected chi connectivity index (χ0v) is 18.6. The van der Waals surface area contributed by atoms with Gasteiger partial charge in [-0.2, -0.15) is 0 Å². The third-order valence-electron chi connectivity index (χ3n) is 5.88. The molecule has 7 heteroatoms. The summed E-state index contributed by atoms with van der Waals surface area (Å²) in [5.41, 5.74) is 5.70. The van der Waals surface area contributed by atoms with Crippen LogP contribution in [0.1, 0.15) is 66.6 Å². The van der Waals surface area contributed by atoms with Gasteiger partial charge in [0.15, 0.2) is 0 Å². The number of nitrogens with one attached hydrogen (secondary N) is 1. The van der Waals surface area contributed by atoms with Crippen molar-refractivity contribution in [3.63, 3.8) is 0 Å². The molecule has 1 saturated heterocycles. The summed E-state index contributed by atoms with van der Waals surface area (Å²) in [6.45, 7) is 4.32. The van der Waals surface area contributed by atoms with Crippen molar-refractivity contribution in [1.82, 2.24) is 15.3 Å². The lowest BCUT2D eigenvalue weighted by Crippen LogP contribution is -2.39. The summed E-state index contributed by atoms with van der Waals surface area (Å²) in [6.07, 6.45) is 9.89. The zero-order valence-electron chi connectivity index (χ0n) is 18.6. The Kier molecular flexibility index (Phi) is 7.89. The molecule has 1 aromatic heterocycles. The van der Waals surface area contributed by atoms with E-state index in [1.165, 1.54) is 21.7 Å². The fourth-order valence-electron chi connectivity index (χ4n) is 3.99. The van der Waals surface area contributed by atoms with Crippen LogP contribution in [0.4, 0.5) is 0 Å². The molecule has 1 aliphatic heterocycles. The third kappa shape index (κ3) is 5.68. The van der Waals surface area contributed by atoms with Crippen LogP contribution < -0.4 is 11.2 Å². The highest BCUT2D eigenvalue weighted by Gasteiger charge is 2.22. The number of rotatable bonds is 3. The van der Waals surface area contributed by atoms with Gasteiger partial charge in [0, 0.05) is 30.3 Å². The second-order valence-electron chi connectivity index (χ2n) is 8.13. The number of benzene rings is 1. The summed E-state index contributed by atoms with van der Waals surface area (Å²) in [6, 6.07) is 9.64. The predicted molar refractivity (Wildman–Crippen MR) is 123 cm³/mol. The van der Waals surface area contributed by atoms with E-state index in [-0.39, 0.29) is 23.6 Å². The van der Waals surface area contributed by atoms with Crippen LogP contribution >= 0.6 is 0 Å². The van der Waals surface area contributed by atoms with Gasteiger partial charge in [-0.25, -0.2) is 5.84 Å². The maximum atomic E-state index is 12.4. The number of hydrogen-bond acceptors (Lipinski definition) is 5. The molecule has 1 atom stereocenters. The van der Waals surface area contributed by atoms with Gasteiger partial charge in [0.25, 0.3) is 5.91 Å². The van der Waals surface area contributed by atoms with E-state index < -0.39 is 0 Å². The van der Waals surface area contributed by atoms with E-state index in [0.29, 0.717) is 24.9 Å². The number of hydrazine groups is 1. The van der Waals surface area contributed by atoms with Crippen molar-refractivity contribution < 1.29 is 14.4 Å². The SMILES string of the molecule is C/C=C1/CCCc2c(CN(N)C(=O)c3ccncc3)cccc21.CC1CCC(=O)NC1=O. The molecule has 1 aromatic carbocycles. The largest absolute Gasteiger partial charge is 0.296 e. The van der Waals surface area contributed by atoms with Gasteiger partial charge in [-0.1, -0.05) is 31.2 Å². The van der Waals surface area contributed by atoms with E-state index in [9.17, 15) is 14.4 Å². The number of aromatic nitrogens is 1. The molecular weight excluding hydrogens is 404 g/mol. The molecule has 0 spiro atoms. The van der Waals surface area contributed by atoms with Crippen molar-refractivity contribution in [2.75, 3.05) is 0 Å². The standard InChI is InChI=1S/C19H21N3O.C6H9NO2/c1-2-14-5-3-8-18-16(6-4-7-17(14)18)13-22(20)19(23)15-9-11-21-12-10-15;1-4-2-3-5(8)7-6(4)9/h2,4,6-7,9-12H,3,5,8,13,20H2,1H3;4H,2-3H2,1H3,(H,7,8,9)/b14-2-;. The van der Waals surface area contributed by atoms with Crippen LogP contribution in [0, 0.1) is 5.92 Å². The number of nitrogens with two attached hydrogens (primary N) is 1. The molecule has 1 fully saturated rings. The van der Waals surface area contributed by atoms with E-state index in [4.69, 9.17) is 5.84 Å². The van der Waals surface area contributed by atoms with Crippen LogP contribution in [0.5, 0.6) is 0 Å². The first kappa shape index (κ1) is 23.3. The fourth-order valence-corrected chi connectivity index (χ4v) is 3.99. The number of amides is 3. The normalized spacial score (nSPS) is 18.8. The van der Waals surface area contributed by atoms with Crippen LogP contribution in [0.25, 0.3) is 5.57 Å². The molecule has 1 aliphatic carbocycles. The third-order valence-corrected chi connectivity index (χ3v) is 5.88. The van der Waals surface area contributed by atoms with Gasteiger partial charge in [-0.3, -0.25) is 29.7 Å². The van der Waals surface area contributed by atoms with Gasteiger partial charge in [0.1, 0.15) is 0 Å². The number of fused-ring (bicyclic) bond motifs is 1. The number of piperidine rings is 1. The van der Waals surface area contributed by atoms with Gasteiger partial charge >= 0.3 is 0 Å². The van der Waals surface area contributed by atoms with Gasteiger partial charge in [-0.15, -0.1) is 0 Å². The highest BCUT2D eigenvalue weighted by Crippen LogP contribution is 2.33. The first-order valence-corrected chi connectivity index (χ1v) is 11.0. The lowest BCUT2D eigenvalue weighted by Gasteiger charge is -2.24. The van der Waals surface area contributed by atoms with Gasteiger partial charge in [0.05, 0.1) is 6.54 Å². The Hall–Kier alpha value is -3.32. The number of allylic oxidation sites excluding steroid dienone is 2. The fraction of sp³-hybridized carbons (Fsp3) is 0.360. The summed E-state index contributed by atoms with van der Waals surface area (Å²) in [5.74, 6) is 5.59. The van der Waals surface area contributed by atoms with Crippen molar-refractivity contribution >= 4 is 23.3 Å². The van der Waals surface area contributed by atoms with Crippen molar-refractivity contribution in [3.8, 4) is 0 Å². The molecule has 0 radical (unpaired) electrons. The first-order chi connectivity index (χ1) is 15.4. The second-order valence-corrected chi connectivity index (χ2v) is 8.13. The molecule has 4 rings (SSSR count). The van der Waals surface area contributed by atoms with Crippen molar-refractivity contribution in [3.05, 3.63) is 71.1 Å². The molecule has 0 saturated carbocycles. The summed E-state index contributed by atoms with van der Waals surface area (Å²) < 4.78 is 0. The first-order valence-electron chi connectivity index (χ1n) is 11.0. The molecule has 168 valence electrons. The van der Waals surface area contributed by atoms with Crippen molar-refractivity contribution in [2.24, 2.45) is 11.8 Å². The number of hydrogen-bond donors (Lipinski definition) is 2. The number of pyridine rings is 1. The highest BCUT2D eigenvalue weighted by molar-refractivity contribution is 5.98. The lowest BCUT2D eigenvalue weighted by atomic mass is 9.84. The monoisotopic (exact) mass is 434 g/mol. The van der Waals surface area contributed by atoms with Crippen LogP contribution in [0.2, 0.25) is 0 Å². The van der Waals surface area contributed by atoms with Crippen LogP contribution in [0.3, 0.4) is 0 Å². The zero-order chi connectivity index (χ0) is 23.1. The Labute approximate surface area is 188 Å². The van der Waals surface area contributed by atoms with Crippen LogP contribution in [-0.2, 0) is 22.6 Å². The maximum absolute atomic E-state index is 12.4.